The number of benzene rings is 1. The van der Waals surface area contributed by atoms with Gasteiger partial charge in [0.05, 0.1) is 0 Å². The average Bonchev–Trinajstić information content (AvgIpc) is 2.85. The van der Waals surface area contributed by atoms with Crippen molar-refractivity contribution in [1.29, 1.82) is 0 Å². The Labute approximate surface area is 115 Å². The first-order chi connectivity index (χ1) is 9.66. The highest BCUT2D eigenvalue weighted by molar-refractivity contribution is 6.07. The third-order valence-electron chi connectivity index (χ3n) is 3.27. The molecule has 2 heterocycles. The van der Waals surface area contributed by atoms with Gasteiger partial charge in [-0.05, 0) is 30.0 Å². The van der Waals surface area contributed by atoms with Crippen LogP contribution in [0.5, 0.6) is 0 Å². The van der Waals surface area contributed by atoms with Crippen LogP contribution in [0.2, 0.25) is 0 Å². The average molecular weight is 267 g/mol. The quantitative estimate of drug-likeness (QED) is 0.770. The smallest absolute Gasteiger partial charge is 0.258 e. The summed E-state index contributed by atoms with van der Waals surface area (Å²) in [6.07, 6.45) is 4.90. The van der Waals surface area contributed by atoms with Crippen LogP contribution in [0.3, 0.4) is 0 Å². The number of carbonyl (C=O) groups is 1. The van der Waals surface area contributed by atoms with Gasteiger partial charge in [0.1, 0.15) is 6.33 Å². The Morgan fingerprint density at radius 3 is 2.90 bits per heavy atom. The third-order valence-corrected chi connectivity index (χ3v) is 3.27. The van der Waals surface area contributed by atoms with Crippen LogP contribution >= 0.6 is 0 Å². The Morgan fingerprint density at radius 2 is 2.15 bits per heavy atom. The standard InChI is InChI=1S/C14H13N5O/c1-9-11(4-3-10-5-6-15-7-12(9)10)13(20)18-14-16-8-17-19(14)2/h3-8H,1-2H3,(H,16,17,18,20). The molecule has 3 rings (SSSR count). The summed E-state index contributed by atoms with van der Waals surface area (Å²) in [6.45, 7) is 1.91. The highest BCUT2D eigenvalue weighted by atomic mass is 16.1. The molecule has 0 fully saturated rings. The minimum absolute atomic E-state index is 0.204. The number of nitrogens with zero attached hydrogens (tertiary/aromatic N) is 4. The number of hydrogen-bond donors (Lipinski definition) is 1. The number of carbonyl (C=O) groups excluding carboxylic acids is 1. The lowest BCUT2D eigenvalue weighted by molar-refractivity contribution is 0.102. The molecule has 6 nitrogen and oxygen atoms in total. The molecule has 0 atom stereocenters. The second kappa shape index (κ2) is 4.73. The van der Waals surface area contributed by atoms with E-state index < -0.39 is 0 Å². The van der Waals surface area contributed by atoms with Gasteiger partial charge in [0.25, 0.3) is 5.91 Å². The van der Waals surface area contributed by atoms with E-state index in [0.717, 1.165) is 16.3 Å². The molecule has 0 saturated heterocycles. The van der Waals surface area contributed by atoms with Crippen molar-refractivity contribution in [2.24, 2.45) is 7.05 Å². The molecule has 3 aromatic rings. The van der Waals surface area contributed by atoms with Gasteiger partial charge in [0, 0.05) is 30.4 Å². The van der Waals surface area contributed by atoms with Crippen molar-refractivity contribution >= 4 is 22.6 Å². The monoisotopic (exact) mass is 267 g/mol. The lowest BCUT2D eigenvalue weighted by Crippen LogP contribution is -2.16. The number of nitrogens with one attached hydrogen (secondary N) is 1. The number of pyridine rings is 1. The van der Waals surface area contributed by atoms with E-state index in [1.54, 1.807) is 19.4 Å². The maximum absolute atomic E-state index is 12.3. The first-order valence-corrected chi connectivity index (χ1v) is 6.15. The first kappa shape index (κ1) is 12.3. The molecule has 0 aliphatic rings. The van der Waals surface area contributed by atoms with E-state index in [-0.39, 0.29) is 5.91 Å². The largest absolute Gasteiger partial charge is 0.291 e. The summed E-state index contributed by atoms with van der Waals surface area (Å²) in [7, 11) is 1.72. The van der Waals surface area contributed by atoms with Gasteiger partial charge >= 0.3 is 0 Å². The molecule has 0 radical (unpaired) electrons. The van der Waals surface area contributed by atoms with Crippen molar-refractivity contribution in [2.45, 2.75) is 6.92 Å². The summed E-state index contributed by atoms with van der Waals surface area (Å²) in [5.74, 6) is 0.213. The molecule has 0 saturated carbocycles. The molecule has 0 spiro atoms. The maximum atomic E-state index is 12.3. The zero-order valence-electron chi connectivity index (χ0n) is 11.2. The van der Waals surface area contributed by atoms with E-state index in [0.29, 0.717) is 11.5 Å². The minimum atomic E-state index is -0.204. The van der Waals surface area contributed by atoms with Crippen molar-refractivity contribution < 1.29 is 4.79 Å². The normalized spacial score (nSPS) is 10.7. The third kappa shape index (κ3) is 2.01. The van der Waals surface area contributed by atoms with Crippen LogP contribution in [0.1, 0.15) is 15.9 Å². The van der Waals surface area contributed by atoms with E-state index in [9.17, 15) is 4.79 Å². The van der Waals surface area contributed by atoms with Crippen LogP contribution in [-0.4, -0.2) is 25.7 Å². The van der Waals surface area contributed by atoms with Crippen LogP contribution in [0.15, 0.2) is 36.9 Å². The minimum Gasteiger partial charge on any atom is -0.291 e. The fraction of sp³-hybridized carbons (Fsp3) is 0.143. The predicted molar refractivity (Wildman–Crippen MR) is 75.4 cm³/mol. The summed E-state index contributed by atoms with van der Waals surface area (Å²) in [4.78, 5) is 20.4. The number of fused-ring (bicyclic) bond motifs is 1. The number of anilines is 1. The molecule has 0 aliphatic heterocycles. The van der Waals surface area contributed by atoms with Gasteiger partial charge in [-0.1, -0.05) is 6.07 Å². The van der Waals surface area contributed by atoms with Gasteiger partial charge in [0.15, 0.2) is 0 Å². The molecule has 0 aliphatic carbocycles. The number of hydrogen-bond acceptors (Lipinski definition) is 4. The molecular formula is C14H13N5O. The molecule has 1 amide bonds. The van der Waals surface area contributed by atoms with Gasteiger partial charge < -0.3 is 0 Å². The second-order valence-corrected chi connectivity index (χ2v) is 4.50. The summed E-state index contributed by atoms with van der Waals surface area (Å²) in [6, 6.07) is 5.64. The fourth-order valence-corrected chi connectivity index (χ4v) is 2.13. The Morgan fingerprint density at radius 1 is 1.30 bits per heavy atom. The van der Waals surface area contributed by atoms with E-state index in [2.05, 4.69) is 20.4 Å². The Hall–Kier alpha value is -2.76. The lowest BCUT2D eigenvalue weighted by atomic mass is 10.0. The number of aryl methyl sites for hydroxylation is 2. The first-order valence-electron chi connectivity index (χ1n) is 6.15. The molecule has 0 unspecified atom stereocenters. The predicted octanol–water partition coefficient (Wildman–Crippen LogP) is 1.92. The molecule has 1 N–H and O–H groups in total. The summed E-state index contributed by atoms with van der Waals surface area (Å²) in [5, 5.41) is 8.69. The molecular weight excluding hydrogens is 254 g/mol. The molecule has 0 bridgehead atoms. The van der Waals surface area contributed by atoms with E-state index in [1.165, 1.54) is 11.0 Å². The van der Waals surface area contributed by atoms with Crippen LogP contribution in [0.4, 0.5) is 5.95 Å². The van der Waals surface area contributed by atoms with Crippen molar-refractivity contribution in [2.75, 3.05) is 5.32 Å². The maximum Gasteiger partial charge on any atom is 0.258 e. The summed E-state index contributed by atoms with van der Waals surface area (Å²) in [5.41, 5.74) is 1.50. The van der Waals surface area contributed by atoms with Crippen molar-refractivity contribution in [3.05, 3.63) is 48.0 Å². The van der Waals surface area contributed by atoms with Crippen molar-refractivity contribution in [1.82, 2.24) is 19.7 Å². The number of rotatable bonds is 2. The van der Waals surface area contributed by atoms with Crippen LogP contribution in [0, 0.1) is 6.92 Å². The Bertz CT molecular complexity index is 793. The molecule has 100 valence electrons. The van der Waals surface area contributed by atoms with Gasteiger partial charge in [0.2, 0.25) is 5.95 Å². The molecule has 2 aromatic heterocycles. The Kier molecular flexibility index (Phi) is 2.90. The van der Waals surface area contributed by atoms with Gasteiger partial charge in [-0.2, -0.15) is 10.1 Å². The van der Waals surface area contributed by atoms with E-state index in [4.69, 9.17) is 0 Å². The summed E-state index contributed by atoms with van der Waals surface area (Å²) < 4.78 is 1.51. The fourth-order valence-electron chi connectivity index (χ4n) is 2.13. The van der Waals surface area contributed by atoms with Gasteiger partial charge in [-0.15, -0.1) is 0 Å². The van der Waals surface area contributed by atoms with Gasteiger partial charge in [-0.3, -0.25) is 15.1 Å². The second-order valence-electron chi connectivity index (χ2n) is 4.50. The lowest BCUT2D eigenvalue weighted by Gasteiger charge is -2.09. The van der Waals surface area contributed by atoms with Crippen LogP contribution in [0.25, 0.3) is 10.8 Å². The van der Waals surface area contributed by atoms with E-state index >= 15 is 0 Å². The van der Waals surface area contributed by atoms with Gasteiger partial charge in [-0.25, -0.2) is 4.68 Å². The zero-order chi connectivity index (χ0) is 14.1. The van der Waals surface area contributed by atoms with Crippen molar-refractivity contribution in [3.63, 3.8) is 0 Å². The summed E-state index contributed by atoms with van der Waals surface area (Å²) >= 11 is 0. The molecule has 1 aromatic carbocycles. The molecule has 20 heavy (non-hydrogen) atoms. The van der Waals surface area contributed by atoms with E-state index in [1.807, 2.05) is 25.1 Å². The highest BCUT2D eigenvalue weighted by Gasteiger charge is 2.13. The molecule has 6 heteroatoms. The zero-order valence-corrected chi connectivity index (χ0v) is 11.2. The Balaban J connectivity index is 2.00. The number of aromatic nitrogens is 4. The number of amides is 1. The van der Waals surface area contributed by atoms with Crippen LogP contribution in [-0.2, 0) is 7.05 Å². The highest BCUT2D eigenvalue weighted by Crippen LogP contribution is 2.21. The topological polar surface area (TPSA) is 72.7 Å². The SMILES string of the molecule is Cc1c(C(=O)Nc2ncnn2C)ccc2ccncc12. The van der Waals surface area contributed by atoms with Crippen molar-refractivity contribution in [3.8, 4) is 0 Å². The van der Waals surface area contributed by atoms with Crippen LogP contribution < -0.4 is 5.32 Å².